The van der Waals surface area contributed by atoms with Gasteiger partial charge in [-0.25, -0.2) is 0 Å². The van der Waals surface area contributed by atoms with E-state index in [0.29, 0.717) is 0 Å². The Morgan fingerprint density at radius 1 is 1.50 bits per heavy atom. The van der Waals surface area contributed by atoms with Gasteiger partial charge in [0.05, 0.1) is 0 Å². The molecule has 0 unspecified atom stereocenters. The molecule has 76 valence electrons. The fourth-order valence-electron chi connectivity index (χ4n) is 1.51. The third-order valence-corrected chi connectivity index (χ3v) is 3.66. The number of hydrogen-bond donors (Lipinski definition) is 1. The molecule has 2 nitrogen and oxygen atoms in total. The first-order valence-electron chi connectivity index (χ1n) is 5.03. The van der Waals surface area contributed by atoms with Crippen LogP contribution >= 0.6 is 11.8 Å². The van der Waals surface area contributed by atoms with Crippen LogP contribution in [0.2, 0.25) is 0 Å². The first-order valence-corrected chi connectivity index (χ1v) is 6.19. The Bertz CT molecular complexity index is 297. The number of pyridine rings is 1. The van der Waals surface area contributed by atoms with Crippen LogP contribution < -0.4 is 5.32 Å². The second-order valence-corrected chi connectivity index (χ2v) is 4.94. The predicted molar refractivity (Wildman–Crippen MR) is 61.5 cm³/mol. The molecule has 14 heavy (non-hydrogen) atoms. The van der Waals surface area contributed by atoms with Crippen molar-refractivity contribution in [2.24, 2.45) is 5.92 Å². The summed E-state index contributed by atoms with van der Waals surface area (Å²) in [4.78, 5) is 4.19. The highest BCUT2D eigenvalue weighted by molar-refractivity contribution is 7.98. The molecule has 1 aromatic heterocycles. The molecule has 3 heteroatoms. The zero-order valence-electron chi connectivity index (χ0n) is 8.49. The van der Waals surface area contributed by atoms with E-state index in [2.05, 4.69) is 23.3 Å². The van der Waals surface area contributed by atoms with Crippen molar-refractivity contribution in [2.45, 2.75) is 12.7 Å². The number of nitrogens with zero attached hydrogens (tertiary/aromatic N) is 1. The van der Waals surface area contributed by atoms with E-state index in [4.69, 9.17) is 0 Å². The Morgan fingerprint density at radius 3 is 3.00 bits per heavy atom. The Balaban J connectivity index is 1.74. The molecule has 1 saturated heterocycles. The SMILES string of the molecule is Cc1cncc(CSCC2CNC2)c1. The van der Waals surface area contributed by atoms with E-state index in [1.165, 1.54) is 30.0 Å². The standard InChI is InChI=1S/C11H16N2S/c1-9-2-10(4-12-3-9)7-14-8-11-5-13-6-11/h2-4,11,13H,5-8H2,1H3. The number of aryl methyl sites for hydroxylation is 1. The van der Waals surface area contributed by atoms with Crippen LogP contribution in [0.4, 0.5) is 0 Å². The van der Waals surface area contributed by atoms with Gasteiger partial charge in [-0.3, -0.25) is 4.98 Å². The molecule has 1 aliphatic rings. The topological polar surface area (TPSA) is 24.9 Å². The molecule has 2 rings (SSSR count). The molecule has 0 radical (unpaired) electrons. The van der Waals surface area contributed by atoms with E-state index in [1.807, 2.05) is 24.2 Å². The summed E-state index contributed by atoms with van der Waals surface area (Å²) >= 11 is 2.02. The normalized spacial score (nSPS) is 16.6. The van der Waals surface area contributed by atoms with Gasteiger partial charge in [-0.2, -0.15) is 11.8 Å². The van der Waals surface area contributed by atoms with Crippen molar-refractivity contribution in [3.63, 3.8) is 0 Å². The summed E-state index contributed by atoms with van der Waals surface area (Å²) in [5.74, 6) is 3.28. The highest BCUT2D eigenvalue weighted by Crippen LogP contribution is 2.17. The fraction of sp³-hybridized carbons (Fsp3) is 0.545. The summed E-state index contributed by atoms with van der Waals surface area (Å²) < 4.78 is 0. The van der Waals surface area contributed by atoms with E-state index in [9.17, 15) is 0 Å². The van der Waals surface area contributed by atoms with Crippen LogP contribution in [-0.4, -0.2) is 23.8 Å². The third-order valence-electron chi connectivity index (χ3n) is 2.42. The highest BCUT2D eigenvalue weighted by Gasteiger charge is 2.15. The van der Waals surface area contributed by atoms with Gasteiger partial charge in [0, 0.05) is 18.1 Å². The molecule has 1 fully saturated rings. The first kappa shape index (κ1) is 9.99. The Morgan fingerprint density at radius 2 is 2.36 bits per heavy atom. The van der Waals surface area contributed by atoms with Gasteiger partial charge < -0.3 is 5.32 Å². The molecule has 2 heterocycles. The summed E-state index contributed by atoms with van der Waals surface area (Å²) in [6.07, 6.45) is 3.88. The van der Waals surface area contributed by atoms with Crippen LogP contribution in [0.15, 0.2) is 18.5 Å². The van der Waals surface area contributed by atoms with Gasteiger partial charge in [0.2, 0.25) is 0 Å². The Labute approximate surface area is 89.5 Å². The molecule has 0 saturated carbocycles. The lowest BCUT2D eigenvalue weighted by molar-refractivity contribution is 0.385. The summed E-state index contributed by atoms with van der Waals surface area (Å²) in [5, 5.41) is 3.29. The van der Waals surface area contributed by atoms with Crippen molar-refractivity contribution >= 4 is 11.8 Å². The van der Waals surface area contributed by atoms with Crippen LogP contribution in [0.3, 0.4) is 0 Å². The van der Waals surface area contributed by atoms with Crippen molar-refractivity contribution in [2.75, 3.05) is 18.8 Å². The third kappa shape index (κ3) is 2.72. The second-order valence-electron chi connectivity index (χ2n) is 3.91. The largest absolute Gasteiger partial charge is 0.316 e. The summed E-state index contributed by atoms with van der Waals surface area (Å²) in [6.45, 7) is 4.51. The van der Waals surface area contributed by atoms with Gasteiger partial charge in [-0.05, 0) is 42.8 Å². The highest BCUT2D eigenvalue weighted by atomic mass is 32.2. The predicted octanol–water partition coefficient (Wildman–Crippen LogP) is 1.84. The second kappa shape index (κ2) is 4.80. The molecular weight excluding hydrogens is 192 g/mol. The minimum atomic E-state index is 0.901. The minimum Gasteiger partial charge on any atom is -0.316 e. The molecule has 0 amide bonds. The number of hydrogen-bond acceptors (Lipinski definition) is 3. The zero-order valence-corrected chi connectivity index (χ0v) is 9.31. The molecule has 1 aliphatic heterocycles. The van der Waals surface area contributed by atoms with Crippen molar-refractivity contribution in [3.8, 4) is 0 Å². The molecule has 1 aromatic rings. The van der Waals surface area contributed by atoms with Crippen LogP contribution in [0.1, 0.15) is 11.1 Å². The average Bonchev–Trinajstić information content (AvgIpc) is 2.09. The molecule has 0 aromatic carbocycles. The summed E-state index contributed by atoms with van der Waals surface area (Å²) in [5.41, 5.74) is 2.61. The van der Waals surface area contributed by atoms with Gasteiger partial charge in [0.1, 0.15) is 0 Å². The Kier molecular flexibility index (Phi) is 3.43. The first-order chi connectivity index (χ1) is 6.84. The number of aromatic nitrogens is 1. The number of thioether (sulfide) groups is 1. The van der Waals surface area contributed by atoms with Crippen molar-refractivity contribution in [1.82, 2.24) is 10.3 Å². The van der Waals surface area contributed by atoms with Crippen LogP contribution in [0, 0.1) is 12.8 Å². The van der Waals surface area contributed by atoms with E-state index in [1.54, 1.807) is 0 Å². The lowest BCUT2D eigenvalue weighted by Gasteiger charge is -2.26. The molecular formula is C11H16N2S. The van der Waals surface area contributed by atoms with Crippen LogP contribution in [0.5, 0.6) is 0 Å². The molecule has 0 atom stereocenters. The number of rotatable bonds is 4. The van der Waals surface area contributed by atoms with Gasteiger partial charge in [-0.15, -0.1) is 0 Å². The van der Waals surface area contributed by atoms with Gasteiger partial charge in [0.15, 0.2) is 0 Å². The molecule has 1 N–H and O–H groups in total. The number of nitrogens with one attached hydrogen (secondary N) is 1. The zero-order chi connectivity index (χ0) is 9.80. The smallest absolute Gasteiger partial charge is 0.0308 e. The van der Waals surface area contributed by atoms with Crippen molar-refractivity contribution in [3.05, 3.63) is 29.6 Å². The van der Waals surface area contributed by atoms with Gasteiger partial charge in [0.25, 0.3) is 0 Å². The van der Waals surface area contributed by atoms with E-state index in [-0.39, 0.29) is 0 Å². The maximum atomic E-state index is 4.19. The molecule has 0 aliphatic carbocycles. The van der Waals surface area contributed by atoms with Crippen molar-refractivity contribution in [1.29, 1.82) is 0 Å². The Hall–Kier alpha value is -0.540. The van der Waals surface area contributed by atoms with E-state index >= 15 is 0 Å². The van der Waals surface area contributed by atoms with Crippen molar-refractivity contribution < 1.29 is 0 Å². The van der Waals surface area contributed by atoms with E-state index in [0.717, 1.165) is 11.7 Å². The quantitative estimate of drug-likeness (QED) is 0.817. The van der Waals surface area contributed by atoms with Crippen LogP contribution in [-0.2, 0) is 5.75 Å². The monoisotopic (exact) mass is 208 g/mol. The molecule has 0 bridgehead atoms. The average molecular weight is 208 g/mol. The summed E-state index contributed by atoms with van der Waals surface area (Å²) in [7, 11) is 0. The molecule has 0 spiro atoms. The van der Waals surface area contributed by atoms with Gasteiger partial charge >= 0.3 is 0 Å². The van der Waals surface area contributed by atoms with Crippen LogP contribution in [0.25, 0.3) is 0 Å². The summed E-state index contributed by atoms with van der Waals surface area (Å²) in [6, 6.07) is 2.22. The minimum absolute atomic E-state index is 0.901. The fourth-order valence-corrected chi connectivity index (χ4v) is 2.59. The lowest BCUT2D eigenvalue weighted by atomic mass is 10.1. The van der Waals surface area contributed by atoms with Gasteiger partial charge in [-0.1, -0.05) is 6.07 Å². The van der Waals surface area contributed by atoms with E-state index < -0.39 is 0 Å². The maximum absolute atomic E-state index is 4.19. The lowest BCUT2D eigenvalue weighted by Crippen LogP contribution is -2.43. The maximum Gasteiger partial charge on any atom is 0.0308 e.